The van der Waals surface area contributed by atoms with E-state index in [0.717, 1.165) is 10.6 Å². The molecule has 10 heteroatoms. The molecule has 25 heavy (non-hydrogen) atoms. The number of aromatic nitrogens is 1. The predicted molar refractivity (Wildman–Crippen MR) is 98.6 cm³/mol. The van der Waals surface area contributed by atoms with Crippen molar-refractivity contribution in [3.63, 3.8) is 0 Å². The largest absolute Gasteiger partial charge is 0.271 e. The molecule has 7 nitrogen and oxygen atoms in total. The average Bonchev–Trinajstić information content (AvgIpc) is 2.55. The summed E-state index contributed by atoms with van der Waals surface area (Å²) in [6, 6.07) is 9.50. The summed E-state index contributed by atoms with van der Waals surface area (Å²) in [4.78, 5) is 16.0. The second-order valence-electron chi connectivity index (χ2n) is 4.92. The lowest BCUT2D eigenvalue weighted by atomic mass is 10.3. The number of hydrogen-bond acceptors (Lipinski definition) is 5. The first-order chi connectivity index (χ1) is 11.8. The van der Waals surface area contributed by atoms with Gasteiger partial charge in [-0.3, -0.25) is 14.1 Å². The first kappa shape index (κ1) is 19.2. The summed E-state index contributed by atoms with van der Waals surface area (Å²) in [5.41, 5.74) is 3.03. The second-order valence-corrected chi connectivity index (χ2v) is 7.64. The topological polar surface area (TPSA) is 91.7 Å². The van der Waals surface area contributed by atoms with E-state index in [1.165, 1.54) is 24.4 Å². The number of hydrogen-bond donors (Lipinski definition) is 1. The van der Waals surface area contributed by atoms with Gasteiger partial charge < -0.3 is 0 Å². The van der Waals surface area contributed by atoms with Gasteiger partial charge in [0.05, 0.1) is 33.9 Å². The van der Waals surface area contributed by atoms with Gasteiger partial charge in [0.1, 0.15) is 6.54 Å². The number of sulfonamides is 1. The van der Waals surface area contributed by atoms with Gasteiger partial charge in [-0.25, -0.2) is 13.8 Å². The van der Waals surface area contributed by atoms with E-state index in [2.05, 4.69) is 15.5 Å². The number of hydrazone groups is 1. The van der Waals surface area contributed by atoms with Crippen molar-refractivity contribution in [1.82, 2.24) is 10.4 Å². The summed E-state index contributed by atoms with van der Waals surface area (Å²) in [7, 11) is -3.71. The summed E-state index contributed by atoms with van der Waals surface area (Å²) in [5, 5.41) is 4.21. The molecule has 0 saturated carbocycles. The molecule has 1 aromatic carbocycles. The van der Waals surface area contributed by atoms with Crippen LogP contribution in [0.1, 0.15) is 5.69 Å². The van der Waals surface area contributed by atoms with Crippen LogP contribution in [0, 0.1) is 0 Å². The van der Waals surface area contributed by atoms with Crippen LogP contribution in [0.15, 0.2) is 47.7 Å². The third-order valence-corrected chi connectivity index (χ3v) is 4.83. The monoisotopic (exact) mass is 400 g/mol. The molecule has 0 atom stereocenters. The molecule has 0 bridgehead atoms. The fraction of sp³-hybridized carbons (Fsp3) is 0.133. The third-order valence-electron chi connectivity index (χ3n) is 2.95. The number of amides is 1. The SMILES string of the molecule is CS(=O)(=O)N(CC(=O)N/N=C\c1ccccn1)c1ccc(Cl)c(Cl)c1. The fourth-order valence-corrected chi connectivity index (χ4v) is 2.97. The molecule has 2 aromatic rings. The molecule has 1 amide bonds. The maximum absolute atomic E-state index is 12.0. The van der Waals surface area contributed by atoms with Gasteiger partial charge in [-0.15, -0.1) is 0 Å². The lowest BCUT2D eigenvalue weighted by molar-refractivity contribution is -0.119. The Hall–Kier alpha value is -2.16. The van der Waals surface area contributed by atoms with E-state index < -0.39 is 22.5 Å². The van der Waals surface area contributed by atoms with Gasteiger partial charge in [0, 0.05) is 6.20 Å². The lowest BCUT2D eigenvalue weighted by Crippen LogP contribution is -2.39. The molecule has 0 saturated heterocycles. The Morgan fingerprint density at radius 2 is 2.04 bits per heavy atom. The Morgan fingerprint density at radius 3 is 2.64 bits per heavy atom. The van der Waals surface area contributed by atoms with Crippen LogP contribution in [0.25, 0.3) is 0 Å². The van der Waals surface area contributed by atoms with Gasteiger partial charge in [0.25, 0.3) is 5.91 Å². The zero-order valence-corrected chi connectivity index (χ0v) is 15.4. The molecule has 1 N–H and O–H groups in total. The minimum Gasteiger partial charge on any atom is -0.271 e. The highest BCUT2D eigenvalue weighted by molar-refractivity contribution is 7.92. The van der Waals surface area contributed by atoms with Gasteiger partial charge in [-0.1, -0.05) is 29.3 Å². The van der Waals surface area contributed by atoms with Gasteiger partial charge in [0.15, 0.2) is 0 Å². The number of nitrogens with one attached hydrogen (secondary N) is 1. The molecule has 2 rings (SSSR count). The number of carbonyl (C=O) groups is 1. The molecule has 0 fully saturated rings. The summed E-state index contributed by atoms with van der Waals surface area (Å²) in [6.07, 6.45) is 3.92. The molecular formula is C15H14Cl2N4O3S. The molecule has 0 aliphatic carbocycles. The maximum Gasteiger partial charge on any atom is 0.260 e. The van der Waals surface area contributed by atoms with E-state index in [1.54, 1.807) is 24.4 Å². The third kappa shape index (κ3) is 5.70. The van der Waals surface area contributed by atoms with Crippen LogP contribution in [0.3, 0.4) is 0 Å². The highest BCUT2D eigenvalue weighted by Gasteiger charge is 2.21. The highest BCUT2D eigenvalue weighted by atomic mass is 35.5. The van der Waals surface area contributed by atoms with E-state index in [9.17, 15) is 13.2 Å². The van der Waals surface area contributed by atoms with E-state index >= 15 is 0 Å². The standard InChI is InChI=1S/C15H14Cl2N4O3S/c1-25(23,24)21(12-5-6-13(16)14(17)8-12)10-15(22)20-19-9-11-4-2-3-7-18-11/h2-9H,10H2,1H3,(H,20,22)/b19-9-. The Labute approximate surface area is 155 Å². The van der Waals surface area contributed by atoms with Crippen molar-refractivity contribution >= 4 is 51.0 Å². The predicted octanol–water partition coefficient (Wildman–Crippen LogP) is 2.30. The number of nitrogens with zero attached hydrogens (tertiary/aromatic N) is 3. The molecule has 0 radical (unpaired) electrons. The van der Waals surface area contributed by atoms with Crippen LogP contribution < -0.4 is 9.73 Å². The fourth-order valence-electron chi connectivity index (χ4n) is 1.83. The van der Waals surface area contributed by atoms with Gasteiger partial charge in [0.2, 0.25) is 10.0 Å². The number of anilines is 1. The Kier molecular flexibility index (Phi) is 6.35. The van der Waals surface area contributed by atoms with Gasteiger partial charge in [-0.2, -0.15) is 5.10 Å². The Bertz CT molecular complexity index is 889. The van der Waals surface area contributed by atoms with Crippen molar-refractivity contribution in [2.45, 2.75) is 0 Å². The normalized spacial score (nSPS) is 11.5. The van der Waals surface area contributed by atoms with E-state index in [-0.39, 0.29) is 15.7 Å². The zero-order chi connectivity index (χ0) is 18.4. The second kappa shape index (κ2) is 8.28. The van der Waals surface area contributed by atoms with Crippen molar-refractivity contribution < 1.29 is 13.2 Å². The molecule has 0 aliphatic rings. The summed E-state index contributed by atoms with van der Waals surface area (Å²) >= 11 is 11.7. The smallest absolute Gasteiger partial charge is 0.260 e. The Balaban J connectivity index is 2.10. The molecule has 0 aliphatic heterocycles. The van der Waals surface area contributed by atoms with Gasteiger partial charge >= 0.3 is 0 Å². The number of halogens is 2. The first-order valence-electron chi connectivity index (χ1n) is 6.93. The van der Waals surface area contributed by atoms with E-state index in [4.69, 9.17) is 23.2 Å². The number of carbonyl (C=O) groups excluding carboxylic acids is 1. The highest BCUT2D eigenvalue weighted by Crippen LogP contribution is 2.28. The van der Waals surface area contributed by atoms with Gasteiger partial charge in [-0.05, 0) is 30.3 Å². The summed E-state index contributed by atoms with van der Waals surface area (Å²) in [6.45, 7) is -0.462. The minimum atomic E-state index is -3.71. The number of pyridine rings is 1. The van der Waals surface area contributed by atoms with Crippen molar-refractivity contribution in [1.29, 1.82) is 0 Å². The molecule has 0 spiro atoms. The van der Waals surface area contributed by atoms with Crippen LogP contribution >= 0.6 is 23.2 Å². The molecule has 0 unspecified atom stereocenters. The van der Waals surface area contributed by atoms with Crippen LogP contribution in [0.2, 0.25) is 10.0 Å². The maximum atomic E-state index is 12.0. The van der Waals surface area contributed by atoms with Crippen molar-refractivity contribution in [3.05, 3.63) is 58.3 Å². The van der Waals surface area contributed by atoms with Crippen molar-refractivity contribution in [2.75, 3.05) is 17.1 Å². The van der Waals surface area contributed by atoms with E-state index in [0.29, 0.717) is 5.69 Å². The lowest BCUT2D eigenvalue weighted by Gasteiger charge is -2.21. The quantitative estimate of drug-likeness (QED) is 0.594. The molecular weight excluding hydrogens is 387 g/mol. The summed E-state index contributed by atoms with van der Waals surface area (Å²) < 4.78 is 24.9. The first-order valence-corrected chi connectivity index (χ1v) is 9.53. The number of benzene rings is 1. The van der Waals surface area contributed by atoms with Crippen molar-refractivity contribution in [2.24, 2.45) is 5.10 Å². The molecule has 1 heterocycles. The van der Waals surface area contributed by atoms with Crippen LogP contribution in [-0.2, 0) is 14.8 Å². The Morgan fingerprint density at radius 1 is 1.28 bits per heavy atom. The van der Waals surface area contributed by atoms with E-state index in [1.807, 2.05) is 0 Å². The van der Waals surface area contributed by atoms with Crippen molar-refractivity contribution in [3.8, 4) is 0 Å². The number of rotatable bonds is 6. The van der Waals surface area contributed by atoms with Crippen LogP contribution in [0.4, 0.5) is 5.69 Å². The van der Waals surface area contributed by atoms with Crippen LogP contribution in [0.5, 0.6) is 0 Å². The average molecular weight is 401 g/mol. The minimum absolute atomic E-state index is 0.182. The molecule has 132 valence electrons. The summed E-state index contributed by atoms with van der Waals surface area (Å²) in [5.74, 6) is -0.622. The zero-order valence-electron chi connectivity index (χ0n) is 13.1. The molecule has 1 aromatic heterocycles. The van der Waals surface area contributed by atoms with Crippen LogP contribution in [-0.4, -0.2) is 38.3 Å².